The molecule has 0 saturated carbocycles. The normalized spacial score (nSPS) is 33.4. The van der Waals surface area contributed by atoms with E-state index in [1.807, 2.05) is 25.1 Å². The Morgan fingerprint density at radius 1 is 1.18 bits per heavy atom. The molecule has 1 aliphatic rings. The van der Waals surface area contributed by atoms with Gasteiger partial charge in [-0.3, -0.25) is 0 Å². The molecule has 1 fully saturated rings. The minimum Gasteiger partial charge on any atom is -0.462 e. The van der Waals surface area contributed by atoms with E-state index < -0.39 is 24.6 Å². The van der Waals surface area contributed by atoms with Crippen LogP contribution in [0.25, 0.3) is 0 Å². The maximum Gasteiger partial charge on any atom is 0.228 e. The monoisotopic (exact) mass is 240 g/mol. The number of hydrogen-bond acceptors (Lipinski definition) is 5. The van der Waals surface area contributed by atoms with Gasteiger partial charge in [-0.05, 0) is 18.6 Å². The van der Waals surface area contributed by atoms with E-state index in [-0.39, 0.29) is 6.61 Å². The van der Waals surface area contributed by atoms with Crippen LogP contribution in [-0.2, 0) is 4.74 Å². The van der Waals surface area contributed by atoms with Crippen LogP contribution in [-0.4, -0.2) is 46.5 Å². The van der Waals surface area contributed by atoms with Gasteiger partial charge in [0.15, 0.2) is 0 Å². The van der Waals surface area contributed by atoms with E-state index in [2.05, 4.69) is 0 Å². The molecule has 17 heavy (non-hydrogen) atoms. The molecular formula is C12H16O5. The molecule has 4 unspecified atom stereocenters. The van der Waals surface area contributed by atoms with Gasteiger partial charge in [0.2, 0.25) is 6.29 Å². The molecule has 5 nitrogen and oxygen atoms in total. The fourth-order valence-corrected chi connectivity index (χ4v) is 1.70. The van der Waals surface area contributed by atoms with E-state index in [4.69, 9.17) is 9.47 Å². The minimum atomic E-state index is -1.27. The Labute approximate surface area is 99.2 Å². The molecule has 1 aliphatic heterocycles. The number of benzene rings is 1. The van der Waals surface area contributed by atoms with Crippen LogP contribution in [0.4, 0.5) is 0 Å². The Morgan fingerprint density at radius 3 is 2.59 bits per heavy atom. The molecule has 0 amide bonds. The first-order valence-corrected chi connectivity index (χ1v) is 5.47. The molecule has 5 heteroatoms. The van der Waals surface area contributed by atoms with Crippen LogP contribution in [0.2, 0.25) is 0 Å². The predicted molar refractivity (Wildman–Crippen MR) is 59.6 cm³/mol. The number of para-hydroxylation sites is 1. The lowest BCUT2D eigenvalue weighted by Crippen LogP contribution is -2.54. The summed E-state index contributed by atoms with van der Waals surface area (Å²) in [6.07, 6.45) is -4.56. The van der Waals surface area contributed by atoms with Gasteiger partial charge in [0, 0.05) is 0 Å². The molecule has 4 atom stereocenters. The van der Waals surface area contributed by atoms with Crippen molar-refractivity contribution in [3.05, 3.63) is 29.8 Å². The van der Waals surface area contributed by atoms with Crippen molar-refractivity contribution < 1.29 is 24.8 Å². The second-order valence-corrected chi connectivity index (χ2v) is 4.13. The van der Waals surface area contributed by atoms with Gasteiger partial charge in [-0.2, -0.15) is 0 Å². The molecule has 0 radical (unpaired) electrons. The fraction of sp³-hybridized carbons (Fsp3) is 0.500. The van der Waals surface area contributed by atoms with Crippen LogP contribution in [0.1, 0.15) is 5.56 Å². The predicted octanol–water partition coefficient (Wildman–Crippen LogP) is -0.187. The SMILES string of the molecule is Cc1ccccc1OC1OCC(O)C(O)C1O. The van der Waals surface area contributed by atoms with Crippen molar-refractivity contribution in [1.29, 1.82) is 0 Å². The Kier molecular flexibility index (Phi) is 3.63. The zero-order valence-corrected chi connectivity index (χ0v) is 9.48. The van der Waals surface area contributed by atoms with E-state index in [9.17, 15) is 15.3 Å². The Hall–Kier alpha value is -1.14. The zero-order valence-electron chi connectivity index (χ0n) is 9.48. The lowest BCUT2D eigenvalue weighted by atomic mass is 10.1. The van der Waals surface area contributed by atoms with E-state index in [0.29, 0.717) is 5.75 Å². The van der Waals surface area contributed by atoms with Gasteiger partial charge in [0.1, 0.15) is 24.1 Å². The first-order valence-electron chi connectivity index (χ1n) is 5.47. The topological polar surface area (TPSA) is 79.2 Å². The first kappa shape index (κ1) is 12.3. The van der Waals surface area contributed by atoms with Crippen molar-refractivity contribution in [2.24, 2.45) is 0 Å². The van der Waals surface area contributed by atoms with Crippen LogP contribution in [0.5, 0.6) is 5.75 Å². The third-order valence-electron chi connectivity index (χ3n) is 2.79. The van der Waals surface area contributed by atoms with Crippen molar-refractivity contribution in [3.63, 3.8) is 0 Å². The molecule has 0 aromatic heterocycles. The summed E-state index contributed by atoms with van der Waals surface area (Å²) < 4.78 is 10.6. The summed E-state index contributed by atoms with van der Waals surface area (Å²) in [4.78, 5) is 0. The van der Waals surface area contributed by atoms with Crippen LogP contribution in [0, 0.1) is 6.92 Å². The second-order valence-electron chi connectivity index (χ2n) is 4.13. The van der Waals surface area contributed by atoms with Crippen LogP contribution in [0.3, 0.4) is 0 Å². The number of rotatable bonds is 2. The van der Waals surface area contributed by atoms with Gasteiger partial charge < -0.3 is 24.8 Å². The van der Waals surface area contributed by atoms with Crippen LogP contribution >= 0.6 is 0 Å². The summed E-state index contributed by atoms with van der Waals surface area (Å²) in [6, 6.07) is 7.31. The highest BCUT2D eigenvalue weighted by Gasteiger charge is 2.39. The number of hydrogen-bond donors (Lipinski definition) is 3. The molecule has 0 aliphatic carbocycles. The van der Waals surface area contributed by atoms with Gasteiger partial charge >= 0.3 is 0 Å². The third kappa shape index (κ3) is 2.58. The Balaban J connectivity index is 2.07. The molecule has 1 aromatic rings. The number of aryl methyl sites for hydroxylation is 1. The Morgan fingerprint density at radius 2 is 1.88 bits per heavy atom. The first-order chi connectivity index (χ1) is 8.09. The quantitative estimate of drug-likeness (QED) is 0.668. The fourth-order valence-electron chi connectivity index (χ4n) is 1.70. The molecule has 1 saturated heterocycles. The highest BCUT2D eigenvalue weighted by molar-refractivity contribution is 5.31. The van der Waals surface area contributed by atoms with Gasteiger partial charge in [0.05, 0.1) is 6.61 Å². The number of aliphatic hydroxyl groups excluding tert-OH is 3. The molecule has 3 N–H and O–H groups in total. The van der Waals surface area contributed by atoms with Crippen LogP contribution in [0.15, 0.2) is 24.3 Å². The third-order valence-corrected chi connectivity index (χ3v) is 2.79. The van der Waals surface area contributed by atoms with E-state index in [0.717, 1.165) is 5.56 Å². The summed E-state index contributed by atoms with van der Waals surface area (Å²) >= 11 is 0. The highest BCUT2D eigenvalue weighted by Crippen LogP contribution is 2.23. The van der Waals surface area contributed by atoms with Gasteiger partial charge in [0.25, 0.3) is 0 Å². The molecule has 0 spiro atoms. The smallest absolute Gasteiger partial charge is 0.228 e. The Bertz CT molecular complexity index is 381. The molecular weight excluding hydrogens is 224 g/mol. The van der Waals surface area contributed by atoms with Gasteiger partial charge in [-0.1, -0.05) is 18.2 Å². The van der Waals surface area contributed by atoms with Crippen LogP contribution < -0.4 is 4.74 Å². The number of ether oxygens (including phenoxy) is 2. The molecule has 1 heterocycles. The van der Waals surface area contributed by atoms with Gasteiger partial charge in [-0.15, -0.1) is 0 Å². The van der Waals surface area contributed by atoms with Gasteiger partial charge in [-0.25, -0.2) is 0 Å². The maximum absolute atomic E-state index is 9.70. The summed E-state index contributed by atoms with van der Waals surface area (Å²) in [5, 5.41) is 28.5. The van der Waals surface area contributed by atoms with Crippen molar-refractivity contribution in [3.8, 4) is 5.75 Å². The lowest BCUT2D eigenvalue weighted by molar-refractivity contribution is -0.242. The lowest BCUT2D eigenvalue weighted by Gasteiger charge is -2.35. The summed E-state index contributed by atoms with van der Waals surface area (Å²) in [5.74, 6) is 0.583. The summed E-state index contributed by atoms with van der Waals surface area (Å²) in [7, 11) is 0. The molecule has 2 rings (SSSR count). The van der Waals surface area contributed by atoms with Crippen molar-refractivity contribution in [2.45, 2.75) is 31.5 Å². The number of aliphatic hydroxyl groups is 3. The molecule has 1 aromatic carbocycles. The molecule has 94 valence electrons. The van der Waals surface area contributed by atoms with E-state index in [1.54, 1.807) is 6.07 Å². The van der Waals surface area contributed by atoms with E-state index >= 15 is 0 Å². The average molecular weight is 240 g/mol. The largest absolute Gasteiger partial charge is 0.462 e. The second kappa shape index (κ2) is 5.01. The average Bonchev–Trinajstić information content (AvgIpc) is 2.32. The minimum absolute atomic E-state index is 0.0607. The maximum atomic E-state index is 9.70. The molecule has 0 bridgehead atoms. The standard InChI is InChI=1S/C12H16O5/c1-7-4-2-3-5-9(7)17-12-11(15)10(14)8(13)6-16-12/h2-5,8,10-15H,6H2,1H3. The highest BCUT2D eigenvalue weighted by atomic mass is 16.7. The zero-order chi connectivity index (χ0) is 12.4. The van der Waals surface area contributed by atoms with E-state index in [1.165, 1.54) is 0 Å². The summed E-state index contributed by atoms with van der Waals surface area (Å²) in [6.45, 7) is 1.81. The van der Waals surface area contributed by atoms with Crippen molar-refractivity contribution in [1.82, 2.24) is 0 Å². The van der Waals surface area contributed by atoms with Crippen molar-refractivity contribution >= 4 is 0 Å². The van der Waals surface area contributed by atoms with Crippen molar-refractivity contribution in [2.75, 3.05) is 6.61 Å². The summed E-state index contributed by atoms with van der Waals surface area (Å²) in [5.41, 5.74) is 0.906.